The second kappa shape index (κ2) is 7.27. The third-order valence-electron chi connectivity index (χ3n) is 4.05. The molecule has 0 saturated heterocycles. The Balaban J connectivity index is 2.00. The van der Waals surface area contributed by atoms with Crippen LogP contribution < -0.4 is 16.0 Å². The second-order valence-corrected chi connectivity index (χ2v) is 6.27. The van der Waals surface area contributed by atoms with Crippen LogP contribution in [0, 0.1) is 5.92 Å². The molecule has 4 heteroatoms. The molecule has 0 radical (unpaired) electrons. The third-order valence-corrected chi connectivity index (χ3v) is 4.82. The molecule has 1 aliphatic carbocycles. The van der Waals surface area contributed by atoms with Gasteiger partial charge in [0.05, 0.1) is 7.11 Å². The number of hydrogen-bond donors (Lipinski definition) is 2. The van der Waals surface area contributed by atoms with E-state index in [1.807, 2.05) is 12.1 Å². The van der Waals surface area contributed by atoms with Gasteiger partial charge in [0, 0.05) is 10.5 Å². The van der Waals surface area contributed by atoms with E-state index in [9.17, 15) is 0 Å². The van der Waals surface area contributed by atoms with E-state index in [1.165, 1.54) is 37.7 Å². The van der Waals surface area contributed by atoms with Crippen LogP contribution >= 0.6 is 15.9 Å². The van der Waals surface area contributed by atoms with Crippen molar-refractivity contribution in [3.63, 3.8) is 0 Å². The predicted octanol–water partition coefficient (Wildman–Crippen LogP) is 3.41. The highest BCUT2D eigenvalue weighted by Gasteiger charge is 2.20. The number of ether oxygens (including phenoxy) is 1. The van der Waals surface area contributed by atoms with Crippen LogP contribution in [-0.4, -0.2) is 13.2 Å². The summed E-state index contributed by atoms with van der Waals surface area (Å²) in [7, 11) is 1.70. The van der Waals surface area contributed by atoms with E-state index in [4.69, 9.17) is 10.6 Å². The smallest absolute Gasteiger partial charge is 0.119 e. The molecular weight excluding hydrogens is 304 g/mol. The lowest BCUT2D eigenvalue weighted by Gasteiger charge is -2.20. The molecule has 0 spiro atoms. The largest absolute Gasteiger partial charge is 0.497 e. The van der Waals surface area contributed by atoms with Crippen LogP contribution in [0.1, 0.15) is 37.7 Å². The summed E-state index contributed by atoms with van der Waals surface area (Å²) >= 11 is 3.61. The molecule has 0 amide bonds. The number of hydrazine groups is 1. The average molecular weight is 327 g/mol. The molecule has 1 saturated carbocycles. The summed E-state index contributed by atoms with van der Waals surface area (Å²) in [6, 6.07) is 6.43. The van der Waals surface area contributed by atoms with Gasteiger partial charge in [0.2, 0.25) is 0 Å². The van der Waals surface area contributed by atoms with Crippen molar-refractivity contribution in [1.29, 1.82) is 0 Å². The SMILES string of the molecule is COc1ccc(Br)c(CC(CC2CCCC2)NN)c1. The molecule has 1 aliphatic rings. The Morgan fingerprint density at radius 1 is 1.42 bits per heavy atom. The van der Waals surface area contributed by atoms with Crippen molar-refractivity contribution in [2.24, 2.45) is 11.8 Å². The number of halogens is 1. The fourth-order valence-corrected chi connectivity index (χ4v) is 3.37. The van der Waals surface area contributed by atoms with Crippen LogP contribution in [0.2, 0.25) is 0 Å². The molecule has 19 heavy (non-hydrogen) atoms. The highest BCUT2D eigenvalue weighted by molar-refractivity contribution is 9.10. The summed E-state index contributed by atoms with van der Waals surface area (Å²) < 4.78 is 6.41. The van der Waals surface area contributed by atoms with Crippen molar-refractivity contribution in [3.8, 4) is 5.75 Å². The van der Waals surface area contributed by atoms with E-state index in [0.29, 0.717) is 6.04 Å². The zero-order chi connectivity index (χ0) is 13.7. The second-order valence-electron chi connectivity index (χ2n) is 5.41. The number of rotatable bonds is 6. The van der Waals surface area contributed by atoms with Crippen molar-refractivity contribution in [3.05, 3.63) is 28.2 Å². The summed E-state index contributed by atoms with van der Waals surface area (Å²) in [5, 5.41) is 0. The zero-order valence-electron chi connectivity index (χ0n) is 11.5. The fourth-order valence-electron chi connectivity index (χ4n) is 2.96. The van der Waals surface area contributed by atoms with Gasteiger partial charge < -0.3 is 4.74 Å². The maximum Gasteiger partial charge on any atom is 0.119 e. The predicted molar refractivity (Wildman–Crippen MR) is 82.1 cm³/mol. The van der Waals surface area contributed by atoms with Crippen molar-refractivity contribution in [1.82, 2.24) is 5.43 Å². The van der Waals surface area contributed by atoms with Crippen LogP contribution in [0.5, 0.6) is 5.75 Å². The van der Waals surface area contributed by atoms with Crippen molar-refractivity contribution in [2.45, 2.75) is 44.6 Å². The summed E-state index contributed by atoms with van der Waals surface area (Å²) in [5.74, 6) is 7.46. The van der Waals surface area contributed by atoms with Gasteiger partial charge in [0.25, 0.3) is 0 Å². The Kier molecular flexibility index (Phi) is 5.67. The quantitative estimate of drug-likeness (QED) is 0.622. The summed E-state index contributed by atoms with van der Waals surface area (Å²) in [6.07, 6.45) is 7.58. The molecule has 1 atom stereocenters. The van der Waals surface area contributed by atoms with E-state index in [-0.39, 0.29) is 0 Å². The van der Waals surface area contributed by atoms with Crippen molar-refractivity contribution in [2.75, 3.05) is 7.11 Å². The van der Waals surface area contributed by atoms with Gasteiger partial charge in [-0.3, -0.25) is 11.3 Å². The molecule has 1 unspecified atom stereocenters. The van der Waals surface area contributed by atoms with E-state index in [0.717, 1.165) is 22.6 Å². The monoisotopic (exact) mass is 326 g/mol. The van der Waals surface area contributed by atoms with E-state index < -0.39 is 0 Å². The highest BCUT2D eigenvalue weighted by Crippen LogP contribution is 2.30. The van der Waals surface area contributed by atoms with Crippen LogP contribution in [-0.2, 0) is 6.42 Å². The van der Waals surface area contributed by atoms with Crippen LogP contribution in [0.3, 0.4) is 0 Å². The number of methoxy groups -OCH3 is 1. The van der Waals surface area contributed by atoms with Gasteiger partial charge in [-0.25, -0.2) is 0 Å². The van der Waals surface area contributed by atoms with Gasteiger partial charge in [-0.15, -0.1) is 0 Å². The molecule has 3 nitrogen and oxygen atoms in total. The Labute approximate surface area is 124 Å². The van der Waals surface area contributed by atoms with Crippen LogP contribution in [0.25, 0.3) is 0 Å². The number of benzene rings is 1. The van der Waals surface area contributed by atoms with Crippen LogP contribution in [0.15, 0.2) is 22.7 Å². The molecule has 3 N–H and O–H groups in total. The normalized spacial score (nSPS) is 17.6. The Morgan fingerprint density at radius 2 is 2.16 bits per heavy atom. The molecule has 1 fully saturated rings. The topological polar surface area (TPSA) is 47.3 Å². The molecule has 0 heterocycles. The van der Waals surface area contributed by atoms with Gasteiger partial charge >= 0.3 is 0 Å². The molecule has 0 aliphatic heterocycles. The standard InChI is InChI=1S/C15H23BrN2O/c1-19-14-6-7-15(16)12(10-14)9-13(18-17)8-11-4-2-3-5-11/h6-7,10-11,13,18H,2-5,8-9,17H2,1H3. The van der Waals surface area contributed by atoms with E-state index >= 15 is 0 Å². The first-order valence-corrected chi connectivity index (χ1v) is 7.80. The number of hydrogen-bond acceptors (Lipinski definition) is 3. The lowest BCUT2D eigenvalue weighted by atomic mass is 9.94. The summed E-state index contributed by atoms with van der Waals surface area (Å²) in [4.78, 5) is 0. The lowest BCUT2D eigenvalue weighted by Crippen LogP contribution is -2.38. The molecule has 0 bridgehead atoms. The van der Waals surface area contributed by atoms with Crippen molar-refractivity contribution >= 4 is 15.9 Å². The minimum absolute atomic E-state index is 0.339. The van der Waals surface area contributed by atoms with Gasteiger partial charge in [0.1, 0.15) is 5.75 Å². The first kappa shape index (κ1) is 14.8. The van der Waals surface area contributed by atoms with Crippen LogP contribution in [0.4, 0.5) is 0 Å². The van der Waals surface area contributed by atoms with Gasteiger partial charge in [-0.2, -0.15) is 0 Å². The van der Waals surface area contributed by atoms with Gasteiger partial charge in [-0.05, 0) is 42.5 Å². The maximum absolute atomic E-state index is 5.72. The molecule has 106 valence electrons. The number of nitrogens with one attached hydrogen (secondary N) is 1. The third kappa shape index (κ3) is 4.20. The molecule has 1 aromatic rings. The Bertz CT molecular complexity index is 405. The number of nitrogens with two attached hydrogens (primary N) is 1. The maximum atomic E-state index is 5.72. The highest BCUT2D eigenvalue weighted by atomic mass is 79.9. The lowest BCUT2D eigenvalue weighted by molar-refractivity contribution is 0.387. The first-order chi connectivity index (χ1) is 9.22. The van der Waals surface area contributed by atoms with E-state index in [1.54, 1.807) is 7.11 Å². The Morgan fingerprint density at radius 3 is 2.79 bits per heavy atom. The van der Waals surface area contributed by atoms with Gasteiger partial charge in [0.15, 0.2) is 0 Å². The van der Waals surface area contributed by atoms with E-state index in [2.05, 4.69) is 27.4 Å². The molecule has 2 rings (SSSR count). The minimum atomic E-state index is 0.339. The minimum Gasteiger partial charge on any atom is -0.497 e. The summed E-state index contributed by atoms with van der Waals surface area (Å²) in [6.45, 7) is 0. The van der Waals surface area contributed by atoms with Crippen molar-refractivity contribution < 1.29 is 4.74 Å². The Hall–Kier alpha value is -0.580. The molecular formula is C15H23BrN2O. The summed E-state index contributed by atoms with van der Waals surface area (Å²) in [5.41, 5.74) is 4.23. The average Bonchev–Trinajstić information content (AvgIpc) is 2.93. The van der Waals surface area contributed by atoms with Gasteiger partial charge in [-0.1, -0.05) is 41.6 Å². The molecule has 0 aromatic heterocycles. The molecule has 1 aromatic carbocycles. The fraction of sp³-hybridized carbons (Fsp3) is 0.600. The first-order valence-electron chi connectivity index (χ1n) is 7.01. The zero-order valence-corrected chi connectivity index (χ0v) is 13.1.